The van der Waals surface area contributed by atoms with Gasteiger partial charge in [-0.05, 0) is 44.0 Å². The van der Waals surface area contributed by atoms with Gasteiger partial charge in [0.1, 0.15) is 0 Å². The number of nitrogens with one attached hydrogen (secondary N) is 1. The van der Waals surface area contributed by atoms with Crippen LogP contribution >= 0.6 is 0 Å². The van der Waals surface area contributed by atoms with Crippen LogP contribution in [0.2, 0.25) is 0 Å². The lowest BCUT2D eigenvalue weighted by molar-refractivity contribution is -0.154. The van der Waals surface area contributed by atoms with E-state index in [0.717, 1.165) is 25.7 Å². The van der Waals surface area contributed by atoms with Crippen LogP contribution < -0.4 is 5.32 Å². The topological polar surface area (TPSA) is 117 Å². The van der Waals surface area contributed by atoms with E-state index in [2.05, 4.69) is 5.32 Å². The minimum atomic E-state index is -1.04. The van der Waals surface area contributed by atoms with Gasteiger partial charge in [-0.3, -0.25) is 24.1 Å². The van der Waals surface area contributed by atoms with Crippen LogP contribution in [0.5, 0.6) is 0 Å². The van der Waals surface area contributed by atoms with Gasteiger partial charge in [-0.25, -0.2) is 0 Å². The molecule has 2 aliphatic rings. The van der Waals surface area contributed by atoms with E-state index in [1.165, 1.54) is 11.8 Å². The molecule has 8 nitrogen and oxygen atoms in total. The number of nitrogens with zero attached hydrogens (tertiary/aromatic N) is 2. The second-order valence-electron chi connectivity index (χ2n) is 7.39. The lowest BCUT2D eigenvalue weighted by atomic mass is 9.81. The quantitative estimate of drug-likeness (QED) is 0.580. The Morgan fingerprint density at radius 2 is 1.76 bits per heavy atom. The number of anilines is 1. The van der Waals surface area contributed by atoms with E-state index in [0.29, 0.717) is 11.3 Å². The fourth-order valence-corrected chi connectivity index (χ4v) is 3.84. The number of benzene rings is 1. The molecule has 0 unspecified atom stereocenters. The molecule has 8 heteroatoms. The number of imide groups is 1. The van der Waals surface area contributed by atoms with E-state index in [-0.39, 0.29) is 36.6 Å². The van der Waals surface area contributed by atoms with Crippen molar-refractivity contribution in [3.8, 4) is 6.07 Å². The third-order valence-electron chi connectivity index (χ3n) is 5.43. The second kappa shape index (κ2) is 8.86. The molecule has 0 radical (unpaired) electrons. The first-order valence-corrected chi connectivity index (χ1v) is 9.76. The highest BCUT2D eigenvalue weighted by molar-refractivity contribution is 6.05. The molecule has 1 saturated carbocycles. The molecule has 1 heterocycles. The van der Waals surface area contributed by atoms with Crippen LogP contribution in [0.15, 0.2) is 24.3 Å². The highest BCUT2D eigenvalue weighted by atomic mass is 16.5. The zero-order valence-electron chi connectivity index (χ0n) is 16.2. The zero-order valence-corrected chi connectivity index (χ0v) is 16.2. The molecule has 3 amide bonds. The molecule has 152 valence electrons. The van der Waals surface area contributed by atoms with Gasteiger partial charge in [0.15, 0.2) is 6.10 Å². The third-order valence-corrected chi connectivity index (χ3v) is 5.43. The Labute approximate surface area is 168 Å². The van der Waals surface area contributed by atoms with Gasteiger partial charge >= 0.3 is 5.97 Å². The number of rotatable bonds is 6. The largest absolute Gasteiger partial charge is 0.452 e. The molecule has 1 aliphatic heterocycles. The first-order chi connectivity index (χ1) is 13.9. The molecule has 1 aromatic rings. The van der Waals surface area contributed by atoms with E-state index < -0.39 is 18.0 Å². The van der Waals surface area contributed by atoms with Crippen LogP contribution in [-0.4, -0.2) is 41.2 Å². The summed E-state index contributed by atoms with van der Waals surface area (Å²) in [4.78, 5) is 50.2. The van der Waals surface area contributed by atoms with Crippen LogP contribution in [0, 0.1) is 23.2 Å². The predicted molar refractivity (Wildman–Crippen MR) is 102 cm³/mol. The number of likely N-dealkylation sites (tertiary alicyclic amines) is 1. The van der Waals surface area contributed by atoms with Crippen molar-refractivity contribution in [1.29, 1.82) is 5.26 Å². The number of ether oxygens (including phenoxy) is 1. The summed E-state index contributed by atoms with van der Waals surface area (Å²) in [7, 11) is 0. The molecule has 1 N–H and O–H groups in total. The van der Waals surface area contributed by atoms with Crippen LogP contribution in [0.3, 0.4) is 0 Å². The minimum Gasteiger partial charge on any atom is -0.452 e. The Hall–Kier alpha value is -3.21. The monoisotopic (exact) mass is 397 g/mol. The summed E-state index contributed by atoms with van der Waals surface area (Å²) in [6.45, 7) is 1.42. The van der Waals surface area contributed by atoms with Gasteiger partial charge in [-0.2, -0.15) is 5.26 Å². The van der Waals surface area contributed by atoms with Crippen molar-refractivity contribution in [2.75, 3.05) is 11.9 Å². The van der Waals surface area contributed by atoms with E-state index in [9.17, 15) is 19.2 Å². The average Bonchev–Trinajstić information content (AvgIpc) is 2.97. The van der Waals surface area contributed by atoms with E-state index in [1.54, 1.807) is 24.3 Å². The maximum atomic E-state index is 12.4. The van der Waals surface area contributed by atoms with Crippen molar-refractivity contribution in [1.82, 2.24) is 4.90 Å². The SMILES string of the molecule is C[C@H](OC(=O)CCN1C(=O)[C@H]2CCCC[C@@H]2C1=O)C(=O)Nc1ccc(C#N)cc1. The maximum Gasteiger partial charge on any atom is 0.308 e. The Balaban J connectivity index is 1.47. The Morgan fingerprint density at radius 3 is 2.31 bits per heavy atom. The van der Waals surface area contributed by atoms with Crippen LogP contribution in [0.4, 0.5) is 5.69 Å². The number of esters is 1. The molecule has 3 atom stereocenters. The van der Waals surface area contributed by atoms with Crippen molar-refractivity contribution < 1.29 is 23.9 Å². The first-order valence-electron chi connectivity index (χ1n) is 9.76. The standard InChI is InChI=1S/C21H23N3O5/c1-13(19(26)23-15-8-6-14(12-22)7-9-15)29-18(25)10-11-24-20(27)16-4-2-3-5-17(16)21(24)28/h6-9,13,16-17H,2-5,10-11H2,1H3,(H,23,26)/t13-,16-,17-/m0/s1. The predicted octanol–water partition coefficient (Wildman–Crippen LogP) is 1.99. The van der Waals surface area contributed by atoms with E-state index in [4.69, 9.17) is 10.00 Å². The second-order valence-corrected chi connectivity index (χ2v) is 7.39. The average molecular weight is 397 g/mol. The summed E-state index contributed by atoms with van der Waals surface area (Å²) in [5.41, 5.74) is 0.945. The molecule has 1 aromatic carbocycles. The fraction of sp³-hybridized carbons (Fsp3) is 0.476. The van der Waals surface area contributed by atoms with Gasteiger partial charge < -0.3 is 10.1 Å². The molecule has 29 heavy (non-hydrogen) atoms. The summed E-state index contributed by atoms with van der Waals surface area (Å²) in [6, 6.07) is 8.27. The molecule has 1 saturated heterocycles. The van der Waals surface area contributed by atoms with Crippen molar-refractivity contribution in [2.24, 2.45) is 11.8 Å². The minimum absolute atomic E-state index is 0.0204. The number of nitriles is 1. The number of carbonyl (C=O) groups excluding carboxylic acids is 4. The lowest BCUT2D eigenvalue weighted by Gasteiger charge is -2.19. The van der Waals surface area contributed by atoms with Gasteiger partial charge in [0.2, 0.25) is 11.8 Å². The lowest BCUT2D eigenvalue weighted by Crippen LogP contribution is -2.35. The van der Waals surface area contributed by atoms with E-state index in [1.807, 2.05) is 6.07 Å². The normalized spacial score (nSPS) is 21.9. The Bertz CT molecular complexity index is 834. The fourth-order valence-electron chi connectivity index (χ4n) is 3.84. The molecule has 2 fully saturated rings. The summed E-state index contributed by atoms with van der Waals surface area (Å²) < 4.78 is 5.13. The molecule has 3 rings (SSSR count). The van der Waals surface area contributed by atoms with Crippen molar-refractivity contribution in [3.05, 3.63) is 29.8 Å². The van der Waals surface area contributed by atoms with Crippen molar-refractivity contribution >= 4 is 29.4 Å². The summed E-state index contributed by atoms with van der Waals surface area (Å²) in [5.74, 6) is -2.04. The van der Waals surface area contributed by atoms with Crippen molar-refractivity contribution in [2.45, 2.75) is 45.1 Å². The molecular weight excluding hydrogens is 374 g/mol. The van der Waals surface area contributed by atoms with E-state index >= 15 is 0 Å². The smallest absolute Gasteiger partial charge is 0.308 e. The summed E-state index contributed by atoms with van der Waals surface area (Å²) in [5, 5.41) is 11.4. The van der Waals surface area contributed by atoms with Gasteiger partial charge in [0.25, 0.3) is 5.91 Å². The Kier molecular flexibility index (Phi) is 6.27. The highest BCUT2D eigenvalue weighted by Crippen LogP contribution is 2.37. The number of amides is 3. The van der Waals surface area contributed by atoms with Crippen molar-refractivity contribution in [3.63, 3.8) is 0 Å². The number of hydrogen-bond donors (Lipinski definition) is 1. The number of fused-ring (bicyclic) bond motifs is 1. The van der Waals surface area contributed by atoms with Crippen LogP contribution in [-0.2, 0) is 23.9 Å². The first kappa shape index (κ1) is 20.5. The van der Waals surface area contributed by atoms with Crippen LogP contribution in [0.1, 0.15) is 44.6 Å². The van der Waals surface area contributed by atoms with Gasteiger partial charge in [0, 0.05) is 12.2 Å². The zero-order chi connectivity index (χ0) is 21.0. The summed E-state index contributed by atoms with van der Waals surface area (Å²) >= 11 is 0. The highest BCUT2D eigenvalue weighted by Gasteiger charge is 2.47. The molecule has 0 spiro atoms. The number of carbonyl (C=O) groups is 4. The van der Waals surface area contributed by atoms with Gasteiger partial charge in [0.05, 0.1) is 29.9 Å². The van der Waals surface area contributed by atoms with Gasteiger partial charge in [-0.15, -0.1) is 0 Å². The molecule has 0 aromatic heterocycles. The maximum absolute atomic E-state index is 12.4. The van der Waals surface area contributed by atoms with Crippen LogP contribution in [0.25, 0.3) is 0 Å². The summed E-state index contributed by atoms with van der Waals surface area (Å²) in [6.07, 6.45) is 2.16. The van der Waals surface area contributed by atoms with Gasteiger partial charge in [-0.1, -0.05) is 12.8 Å². The third kappa shape index (κ3) is 4.62. The molecular formula is C21H23N3O5. The molecule has 1 aliphatic carbocycles. The Morgan fingerprint density at radius 1 is 1.17 bits per heavy atom. The molecule has 0 bridgehead atoms. The number of hydrogen-bond acceptors (Lipinski definition) is 6.